The lowest BCUT2D eigenvalue weighted by atomic mass is 9.94. The Morgan fingerprint density at radius 3 is 2.32 bits per heavy atom. The van der Waals surface area contributed by atoms with Crippen molar-refractivity contribution in [1.82, 2.24) is 15.4 Å². The van der Waals surface area contributed by atoms with Crippen LogP contribution in [0.15, 0.2) is 66.7 Å². The van der Waals surface area contributed by atoms with E-state index in [0.717, 1.165) is 23.3 Å². The molecule has 4 rings (SSSR count). The predicted octanol–water partition coefficient (Wildman–Crippen LogP) is 5.76. The molecule has 0 amide bonds. The molecule has 0 atom stereocenters. The number of aromatic nitrogens is 3. The van der Waals surface area contributed by atoms with E-state index in [1.165, 1.54) is 18.2 Å². The highest BCUT2D eigenvalue weighted by Crippen LogP contribution is 2.34. The van der Waals surface area contributed by atoms with Gasteiger partial charge in [0.15, 0.2) is 5.69 Å². The maximum atomic E-state index is 13.2. The van der Waals surface area contributed by atoms with Gasteiger partial charge >= 0.3 is 6.18 Å². The molecule has 0 aliphatic heterocycles. The Hall–Kier alpha value is -3.99. The fourth-order valence-electron chi connectivity index (χ4n) is 3.32. The van der Waals surface area contributed by atoms with Gasteiger partial charge in [0.05, 0.1) is 5.56 Å². The number of nitrogens with one attached hydrogen (secondary N) is 1. The van der Waals surface area contributed by atoms with Crippen LogP contribution in [0.5, 0.6) is 0 Å². The number of rotatable bonds is 4. The van der Waals surface area contributed by atoms with Gasteiger partial charge in [0.25, 0.3) is 0 Å². The molecule has 1 aromatic heterocycles. The van der Waals surface area contributed by atoms with Crippen molar-refractivity contribution in [1.29, 1.82) is 5.26 Å². The van der Waals surface area contributed by atoms with E-state index in [1.54, 1.807) is 36.4 Å². The highest BCUT2D eigenvalue weighted by atomic mass is 19.4. The van der Waals surface area contributed by atoms with Gasteiger partial charge in [0.1, 0.15) is 17.6 Å². The molecule has 0 saturated heterocycles. The van der Waals surface area contributed by atoms with Crippen molar-refractivity contribution in [2.75, 3.05) is 0 Å². The SMILES string of the molecule is N#Cc1[nH]nnc1-c1cc(Cc2ccc(F)cc2)cc(-c2cccc(C(F)(F)F)c2)c1. The van der Waals surface area contributed by atoms with Gasteiger partial charge in [-0.25, -0.2) is 9.49 Å². The summed E-state index contributed by atoms with van der Waals surface area (Å²) in [7, 11) is 0. The van der Waals surface area contributed by atoms with E-state index in [4.69, 9.17) is 0 Å². The van der Waals surface area contributed by atoms with Crippen molar-refractivity contribution in [2.24, 2.45) is 0 Å². The van der Waals surface area contributed by atoms with E-state index < -0.39 is 11.7 Å². The Bertz CT molecular complexity index is 1270. The predicted molar refractivity (Wildman–Crippen MR) is 106 cm³/mol. The molecule has 1 N–H and O–H groups in total. The summed E-state index contributed by atoms with van der Waals surface area (Å²) in [5.74, 6) is -0.358. The first-order valence-electron chi connectivity index (χ1n) is 9.21. The van der Waals surface area contributed by atoms with E-state index in [9.17, 15) is 22.8 Å². The van der Waals surface area contributed by atoms with Gasteiger partial charge in [-0.3, -0.25) is 0 Å². The molecule has 4 nitrogen and oxygen atoms in total. The minimum Gasteiger partial charge on any atom is -0.247 e. The first-order chi connectivity index (χ1) is 14.8. The van der Waals surface area contributed by atoms with Crippen molar-refractivity contribution < 1.29 is 17.6 Å². The summed E-state index contributed by atoms with van der Waals surface area (Å²) < 4.78 is 52.8. The van der Waals surface area contributed by atoms with Crippen LogP contribution >= 0.6 is 0 Å². The van der Waals surface area contributed by atoms with E-state index in [0.29, 0.717) is 28.8 Å². The van der Waals surface area contributed by atoms with Crippen LogP contribution in [-0.4, -0.2) is 15.4 Å². The van der Waals surface area contributed by atoms with Crippen LogP contribution in [0, 0.1) is 17.1 Å². The van der Waals surface area contributed by atoms with E-state index in [-0.39, 0.29) is 11.5 Å². The monoisotopic (exact) mass is 422 g/mol. The summed E-state index contributed by atoms with van der Waals surface area (Å²) in [6, 6.07) is 18.2. The Morgan fingerprint density at radius 2 is 1.61 bits per heavy atom. The van der Waals surface area contributed by atoms with Crippen molar-refractivity contribution in [3.05, 3.63) is 94.9 Å². The zero-order valence-corrected chi connectivity index (χ0v) is 15.9. The van der Waals surface area contributed by atoms with Crippen LogP contribution in [0.3, 0.4) is 0 Å². The number of H-pyrrole nitrogens is 1. The smallest absolute Gasteiger partial charge is 0.247 e. The van der Waals surface area contributed by atoms with Crippen molar-refractivity contribution >= 4 is 0 Å². The molecule has 8 heteroatoms. The normalized spacial score (nSPS) is 11.3. The van der Waals surface area contributed by atoms with E-state index >= 15 is 0 Å². The fraction of sp³-hybridized carbons (Fsp3) is 0.0870. The van der Waals surface area contributed by atoms with E-state index in [1.807, 2.05) is 6.07 Å². The summed E-state index contributed by atoms with van der Waals surface area (Å²) in [6.45, 7) is 0. The molecule has 0 fully saturated rings. The molecule has 4 aromatic rings. The maximum Gasteiger partial charge on any atom is 0.416 e. The van der Waals surface area contributed by atoms with Crippen LogP contribution in [0.2, 0.25) is 0 Å². The molecular weight excluding hydrogens is 408 g/mol. The number of nitrogens with zero attached hydrogens (tertiary/aromatic N) is 3. The number of benzene rings is 3. The highest BCUT2D eigenvalue weighted by molar-refractivity contribution is 5.75. The molecule has 0 aliphatic carbocycles. The molecule has 0 bridgehead atoms. The quantitative estimate of drug-likeness (QED) is 0.425. The van der Waals surface area contributed by atoms with Gasteiger partial charge in [-0.2, -0.15) is 18.4 Å². The Labute approximate surface area is 174 Å². The minimum absolute atomic E-state index is 0.147. The first-order valence-corrected chi connectivity index (χ1v) is 9.21. The van der Waals surface area contributed by atoms with Gasteiger partial charge in [0.2, 0.25) is 0 Å². The molecule has 0 spiro atoms. The Morgan fingerprint density at radius 1 is 0.871 bits per heavy atom. The topological polar surface area (TPSA) is 65.4 Å². The maximum absolute atomic E-state index is 13.2. The summed E-state index contributed by atoms with van der Waals surface area (Å²) in [5.41, 5.74) is 2.74. The van der Waals surface area contributed by atoms with Crippen LogP contribution in [0.4, 0.5) is 17.6 Å². The van der Waals surface area contributed by atoms with Gasteiger partial charge in [0, 0.05) is 5.56 Å². The molecule has 3 aromatic carbocycles. The molecule has 0 saturated carbocycles. The Balaban J connectivity index is 1.84. The zero-order chi connectivity index (χ0) is 22.0. The fourth-order valence-corrected chi connectivity index (χ4v) is 3.32. The third-order valence-electron chi connectivity index (χ3n) is 4.77. The summed E-state index contributed by atoms with van der Waals surface area (Å²) in [4.78, 5) is 0. The molecule has 1 heterocycles. The molecular formula is C23H14F4N4. The van der Waals surface area contributed by atoms with Gasteiger partial charge < -0.3 is 0 Å². The molecule has 0 unspecified atom stereocenters. The number of hydrogen-bond donors (Lipinski definition) is 1. The minimum atomic E-state index is -4.47. The van der Waals surface area contributed by atoms with Gasteiger partial charge in [-0.05, 0) is 65.1 Å². The average molecular weight is 422 g/mol. The van der Waals surface area contributed by atoms with Gasteiger partial charge in [-0.1, -0.05) is 35.5 Å². The van der Waals surface area contributed by atoms with Gasteiger partial charge in [-0.15, -0.1) is 5.10 Å². The van der Waals surface area contributed by atoms with Crippen LogP contribution in [-0.2, 0) is 12.6 Å². The average Bonchev–Trinajstić information content (AvgIpc) is 3.24. The lowest BCUT2D eigenvalue weighted by Crippen LogP contribution is -2.04. The second kappa shape index (κ2) is 8.03. The van der Waals surface area contributed by atoms with E-state index in [2.05, 4.69) is 15.4 Å². The van der Waals surface area contributed by atoms with Crippen molar-refractivity contribution in [3.8, 4) is 28.5 Å². The number of aromatic amines is 1. The second-order valence-electron chi connectivity index (χ2n) is 6.95. The Kier molecular flexibility index (Phi) is 5.26. The van der Waals surface area contributed by atoms with Crippen LogP contribution < -0.4 is 0 Å². The number of hydrogen-bond acceptors (Lipinski definition) is 3. The van der Waals surface area contributed by atoms with Crippen molar-refractivity contribution in [2.45, 2.75) is 12.6 Å². The lowest BCUT2D eigenvalue weighted by molar-refractivity contribution is -0.137. The summed E-state index contributed by atoms with van der Waals surface area (Å²) in [6.07, 6.45) is -4.05. The molecule has 154 valence electrons. The third kappa shape index (κ3) is 4.46. The second-order valence-corrected chi connectivity index (χ2v) is 6.95. The third-order valence-corrected chi connectivity index (χ3v) is 4.77. The van der Waals surface area contributed by atoms with Crippen LogP contribution in [0.25, 0.3) is 22.4 Å². The number of nitriles is 1. The highest BCUT2D eigenvalue weighted by Gasteiger charge is 2.30. The molecule has 0 radical (unpaired) electrons. The first kappa shape index (κ1) is 20.3. The number of alkyl halides is 3. The van der Waals surface area contributed by atoms with Crippen molar-refractivity contribution in [3.63, 3.8) is 0 Å². The molecule has 31 heavy (non-hydrogen) atoms. The zero-order valence-electron chi connectivity index (χ0n) is 15.9. The molecule has 0 aliphatic rings. The summed E-state index contributed by atoms with van der Waals surface area (Å²) in [5, 5.41) is 19.4. The largest absolute Gasteiger partial charge is 0.416 e. The summed E-state index contributed by atoms with van der Waals surface area (Å²) >= 11 is 0. The van der Waals surface area contributed by atoms with Crippen LogP contribution in [0.1, 0.15) is 22.4 Å². The number of halogens is 4. The lowest BCUT2D eigenvalue weighted by Gasteiger charge is -2.12. The standard InChI is InChI=1S/C23H14F4N4/c24-20-6-4-14(5-7-20)8-15-9-17(16-2-1-3-19(12-16)23(25,26)27)11-18(10-15)22-21(13-28)29-31-30-22/h1-7,9-12H,8H2,(H,29,30,31).